The molecule has 1 aromatic heterocycles. The van der Waals surface area contributed by atoms with Gasteiger partial charge in [0.25, 0.3) is 0 Å². The molecule has 122 valence electrons. The molecule has 2 unspecified atom stereocenters. The molecule has 3 rings (SSSR count). The maximum atomic E-state index is 12.2. The first-order valence-electron chi connectivity index (χ1n) is 7.85. The summed E-state index contributed by atoms with van der Waals surface area (Å²) in [5.74, 6) is -0.00853. The fraction of sp³-hybridized carbons (Fsp3) is 0.412. The van der Waals surface area contributed by atoms with E-state index in [0.717, 1.165) is 0 Å². The van der Waals surface area contributed by atoms with Crippen LogP contribution in [0.15, 0.2) is 42.7 Å². The molecule has 1 aliphatic rings. The number of aromatic nitrogens is 2. The van der Waals surface area contributed by atoms with Gasteiger partial charge >= 0.3 is 0 Å². The van der Waals surface area contributed by atoms with Crippen LogP contribution in [0.25, 0.3) is 0 Å². The Labute approximate surface area is 135 Å². The number of nitrogens with one attached hydrogen (secondary N) is 1. The highest BCUT2D eigenvalue weighted by molar-refractivity contribution is 5.82. The second-order valence-electron chi connectivity index (χ2n) is 5.91. The number of fused-ring (bicyclic) bond motifs is 1. The van der Waals surface area contributed by atoms with E-state index in [9.17, 15) is 9.90 Å². The Hall–Kier alpha value is -2.18. The Balaban J connectivity index is 1.73. The first-order chi connectivity index (χ1) is 11.2. The number of nitrogens with zero attached hydrogens (tertiary/aromatic N) is 3. The monoisotopic (exact) mass is 314 g/mol. The Morgan fingerprint density at radius 2 is 2.13 bits per heavy atom. The molecular formula is C17H22N4O2. The summed E-state index contributed by atoms with van der Waals surface area (Å²) in [7, 11) is 1.65. The molecule has 2 heterocycles. The Kier molecular flexibility index (Phi) is 4.73. The number of amides is 1. The van der Waals surface area contributed by atoms with Crippen LogP contribution in [0.5, 0.6) is 0 Å². The zero-order chi connectivity index (χ0) is 16.2. The van der Waals surface area contributed by atoms with Crippen molar-refractivity contribution >= 4 is 5.91 Å². The molecule has 0 bridgehead atoms. The minimum atomic E-state index is -0.577. The van der Waals surface area contributed by atoms with Crippen molar-refractivity contribution in [1.82, 2.24) is 20.0 Å². The average Bonchev–Trinajstić information content (AvgIpc) is 3.06. The number of likely N-dealkylation sites (N-methyl/N-ethyl adjacent to an activating group) is 1. The van der Waals surface area contributed by atoms with E-state index in [1.165, 1.54) is 11.1 Å². The van der Waals surface area contributed by atoms with Crippen molar-refractivity contribution in [1.29, 1.82) is 0 Å². The van der Waals surface area contributed by atoms with Crippen LogP contribution in [0.3, 0.4) is 0 Å². The van der Waals surface area contributed by atoms with Gasteiger partial charge in [-0.3, -0.25) is 14.4 Å². The Morgan fingerprint density at radius 3 is 2.83 bits per heavy atom. The lowest BCUT2D eigenvalue weighted by molar-refractivity contribution is -0.127. The third-order valence-electron chi connectivity index (χ3n) is 4.30. The van der Waals surface area contributed by atoms with E-state index in [4.69, 9.17) is 0 Å². The normalized spacial score (nSPS) is 19.1. The highest BCUT2D eigenvalue weighted by Crippen LogP contribution is 2.23. The summed E-state index contributed by atoms with van der Waals surface area (Å²) in [6.45, 7) is 1.53. The van der Waals surface area contributed by atoms with Gasteiger partial charge in [-0.15, -0.1) is 0 Å². The topological polar surface area (TPSA) is 70.4 Å². The van der Waals surface area contributed by atoms with E-state index < -0.39 is 6.10 Å². The van der Waals surface area contributed by atoms with Crippen LogP contribution in [-0.4, -0.2) is 51.4 Å². The Morgan fingerprint density at radius 1 is 1.35 bits per heavy atom. The minimum absolute atomic E-state index is 0.00853. The van der Waals surface area contributed by atoms with Gasteiger partial charge in [-0.1, -0.05) is 24.3 Å². The fourth-order valence-corrected chi connectivity index (χ4v) is 3.15. The zero-order valence-corrected chi connectivity index (χ0v) is 13.2. The van der Waals surface area contributed by atoms with Gasteiger partial charge in [0, 0.05) is 32.5 Å². The number of hydrogen-bond donors (Lipinski definition) is 2. The van der Waals surface area contributed by atoms with Gasteiger partial charge in [0.15, 0.2) is 0 Å². The van der Waals surface area contributed by atoms with Crippen LogP contribution >= 0.6 is 0 Å². The molecule has 2 atom stereocenters. The molecular weight excluding hydrogens is 292 g/mol. The summed E-state index contributed by atoms with van der Waals surface area (Å²) in [4.78, 5) is 14.3. The number of β-amino-alcohol motifs (C(OH)–C–C–N with tert-alkyl or cyclic N) is 1. The molecule has 0 saturated heterocycles. The van der Waals surface area contributed by atoms with E-state index in [1.54, 1.807) is 17.9 Å². The van der Waals surface area contributed by atoms with Crippen molar-refractivity contribution in [3.63, 3.8) is 0 Å². The quantitative estimate of drug-likeness (QED) is 0.839. The molecule has 6 nitrogen and oxygen atoms in total. The molecule has 0 aliphatic carbocycles. The molecule has 23 heavy (non-hydrogen) atoms. The molecule has 0 saturated carbocycles. The smallest absolute Gasteiger partial charge is 0.237 e. The summed E-state index contributed by atoms with van der Waals surface area (Å²) in [5.41, 5.74) is 2.43. The van der Waals surface area contributed by atoms with E-state index in [0.29, 0.717) is 26.1 Å². The van der Waals surface area contributed by atoms with E-state index in [1.807, 2.05) is 24.4 Å². The molecule has 1 aliphatic heterocycles. The molecule has 2 N–H and O–H groups in total. The number of aliphatic hydroxyl groups excluding tert-OH is 1. The van der Waals surface area contributed by atoms with Crippen molar-refractivity contribution in [2.75, 3.05) is 13.6 Å². The predicted molar refractivity (Wildman–Crippen MR) is 86.6 cm³/mol. The molecule has 1 aromatic carbocycles. The predicted octanol–water partition coefficient (Wildman–Crippen LogP) is 0.417. The molecule has 0 fully saturated rings. The largest absolute Gasteiger partial charge is 0.390 e. The van der Waals surface area contributed by atoms with Gasteiger partial charge in [-0.25, -0.2) is 0 Å². The van der Waals surface area contributed by atoms with Crippen LogP contribution in [-0.2, 0) is 24.3 Å². The van der Waals surface area contributed by atoms with E-state index in [-0.39, 0.29) is 11.9 Å². The van der Waals surface area contributed by atoms with Crippen LogP contribution in [0, 0.1) is 0 Å². The minimum Gasteiger partial charge on any atom is -0.390 e. The third kappa shape index (κ3) is 3.60. The summed E-state index contributed by atoms with van der Waals surface area (Å²) < 4.78 is 1.71. The van der Waals surface area contributed by atoms with E-state index >= 15 is 0 Å². The third-order valence-corrected chi connectivity index (χ3v) is 4.30. The lowest BCUT2D eigenvalue weighted by Crippen LogP contribution is -2.52. The van der Waals surface area contributed by atoms with Crippen LogP contribution in [0.2, 0.25) is 0 Å². The maximum Gasteiger partial charge on any atom is 0.237 e. The lowest BCUT2D eigenvalue weighted by atomic mass is 9.93. The maximum absolute atomic E-state index is 12.2. The van der Waals surface area contributed by atoms with Crippen molar-refractivity contribution < 1.29 is 9.90 Å². The first-order valence-corrected chi connectivity index (χ1v) is 7.85. The summed E-state index contributed by atoms with van der Waals surface area (Å²) in [6.07, 6.45) is 3.61. The molecule has 2 aromatic rings. The lowest BCUT2D eigenvalue weighted by Gasteiger charge is -2.36. The highest BCUT2D eigenvalue weighted by Gasteiger charge is 2.31. The molecule has 6 heteroatoms. The van der Waals surface area contributed by atoms with Crippen molar-refractivity contribution in [3.8, 4) is 0 Å². The zero-order valence-electron chi connectivity index (χ0n) is 13.2. The van der Waals surface area contributed by atoms with E-state index in [2.05, 4.69) is 27.4 Å². The fourth-order valence-electron chi connectivity index (χ4n) is 3.15. The first kappa shape index (κ1) is 15.7. The van der Waals surface area contributed by atoms with Crippen LogP contribution < -0.4 is 5.32 Å². The SMILES string of the molecule is CNC(=O)C1Cc2ccccc2CN1CC(O)Cn1cccn1. The Bertz CT molecular complexity index is 656. The van der Waals surface area contributed by atoms with Crippen molar-refractivity contribution in [3.05, 3.63) is 53.9 Å². The van der Waals surface area contributed by atoms with Gasteiger partial charge in [-0.2, -0.15) is 5.10 Å². The van der Waals surface area contributed by atoms with Gasteiger partial charge in [0.1, 0.15) is 0 Å². The van der Waals surface area contributed by atoms with Gasteiger partial charge in [0.05, 0.1) is 18.7 Å². The molecule has 0 radical (unpaired) electrons. The molecule has 0 spiro atoms. The number of hydrogen-bond acceptors (Lipinski definition) is 4. The summed E-state index contributed by atoms with van der Waals surface area (Å²) in [5, 5.41) is 17.2. The number of benzene rings is 1. The van der Waals surface area contributed by atoms with Crippen molar-refractivity contribution in [2.45, 2.75) is 31.7 Å². The highest BCUT2D eigenvalue weighted by atomic mass is 16.3. The number of aliphatic hydroxyl groups is 1. The average molecular weight is 314 g/mol. The summed E-state index contributed by atoms with van der Waals surface area (Å²) in [6, 6.07) is 9.75. The standard InChI is InChI=1S/C17H22N4O2/c1-18-17(23)16-9-13-5-2-3-6-14(13)10-20(16)11-15(22)12-21-8-4-7-19-21/h2-8,15-16,22H,9-12H2,1H3,(H,18,23). The summed E-state index contributed by atoms with van der Waals surface area (Å²) >= 11 is 0. The second-order valence-corrected chi connectivity index (χ2v) is 5.91. The van der Waals surface area contributed by atoms with Crippen LogP contribution in [0.4, 0.5) is 0 Å². The van der Waals surface area contributed by atoms with Gasteiger partial charge in [-0.05, 0) is 23.6 Å². The second kappa shape index (κ2) is 6.93. The number of rotatable bonds is 5. The molecule has 1 amide bonds. The van der Waals surface area contributed by atoms with Crippen LogP contribution in [0.1, 0.15) is 11.1 Å². The number of carbonyl (C=O) groups is 1. The van der Waals surface area contributed by atoms with Gasteiger partial charge < -0.3 is 10.4 Å². The van der Waals surface area contributed by atoms with Gasteiger partial charge in [0.2, 0.25) is 5.91 Å². The number of carbonyl (C=O) groups excluding carboxylic acids is 1. The van der Waals surface area contributed by atoms with Crippen molar-refractivity contribution in [2.24, 2.45) is 0 Å².